The lowest BCUT2D eigenvalue weighted by Crippen LogP contribution is -2.54. The molecule has 41 heavy (non-hydrogen) atoms. The first kappa shape index (κ1) is 26.8. The van der Waals surface area contributed by atoms with E-state index in [1.54, 1.807) is 60.7 Å². The molecule has 4 amide bonds. The third-order valence-corrected chi connectivity index (χ3v) is 6.16. The largest absolute Gasteiger partial charge is 0.489 e. The Morgan fingerprint density at radius 3 is 2.02 bits per heavy atom. The minimum atomic E-state index is -0.847. The third-order valence-electron chi connectivity index (χ3n) is 6.16. The highest BCUT2D eigenvalue weighted by Crippen LogP contribution is 2.25. The fraction of sp³-hybridized carbons (Fsp3) is 0.0645. The van der Waals surface area contributed by atoms with Gasteiger partial charge in [0.2, 0.25) is 0 Å². The fourth-order valence-corrected chi connectivity index (χ4v) is 4.08. The molecule has 5 rings (SSSR count). The molecule has 0 atom stereocenters. The van der Waals surface area contributed by atoms with E-state index in [9.17, 15) is 24.5 Å². The number of urea groups is 1. The van der Waals surface area contributed by atoms with Crippen molar-refractivity contribution in [3.05, 3.63) is 136 Å². The summed E-state index contributed by atoms with van der Waals surface area (Å²) in [6, 6.07) is 27.9. The van der Waals surface area contributed by atoms with Gasteiger partial charge in [-0.25, -0.2) is 9.69 Å². The minimum absolute atomic E-state index is 0.0247. The number of nitro groups is 1. The molecule has 0 unspecified atom stereocenters. The summed E-state index contributed by atoms with van der Waals surface area (Å²) < 4.78 is 11.5. The molecule has 10 nitrogen and oxygen atoms in total. The highest BCUT2D eigenvalue weighted by molar-refractivity contribution is 6.39. The van der Waals surface area contributed by atoms with Crippen LogP contribution in [0.1, 0.15) is 16.7 Å². The average molecular weight is 550 g/mol. The van der Waals surface area contributed by atoms with Crippen LogP contribution in [0.2, 0.25) is 0 Å². The van der Waals surface area contributed by atoms with E-state index in [2.05, 4.69) is 5.32 Å². The van der Waals surface area contributed by atoms with Crippen molar-refractivity contribution in [1.82, 2.24) is 5.32 Å². The van der Waals surface area contributed by atoms with Crippen molar-refractivity contribution in [3.8, 4) is 11.5 Å². The van der Waals surface area contributed by atoms with Crippen molar-refractivity contribution < 1.29 is 28.8 Å². The zero-order valence-corrected chi connectivity index (χ0v) is 21.6. The molecule has 0 radical (unpaired) electrons. The number of carbonyl (C=O) groups excluding carboxylic acids is 3. The van der Waals surface area contributed by atoms with Crippen molar-refractivity contribution in [2.75, 3.05) is 4.90 Å². The van der Waals surface area contributed by atoms with Gasteiger partial charge in [-0.3, -0.25) is 25.0 Å². The van der Waals surface area contributed by atoms with Crippen LogP contribution in [0.5, 0.6) is 11.5 Å². The van der Waals surface area contributed by atoms with E-state index in [-0.39, 0.29) is 23.6 Å². The summed E-state index contributed by atoms with van der Waals surface area (Å²) in [7, 11) is 0. The van der Waals surface area contributed by atoms with E-state index < -0.39 is 22.8 Å². The van der Waals surface area contributed by atoms with Gasteiger partial charge in [-0.1, -0.05) is 54.6 Å². The lowest BCUT2D eigenvalue weighted by atomic mass is 10.1. The van der Waals surface area contributed by atoms with Gasteiger partial charge in [-0.15, -0.1) is 0 Å². The highest BCUT2D eigenvalue weighted by atomic mass is 16.6. The number of ether oxygens (including phenoxy) is 2. The van der Waals surface area contributed by atoms with Crippen LogP contribution >= 0.6 is 0 Å². The van der Waals surface area contributed by atoms with Gasteiger partial charge in [0.25, 0.3) is 17.5 Å². The number of carbonyl (C=O) groups is 3. The van der Waals surface area contributed by atoms with Crippen molar-refractivity contribution in [3.63, 3.8) is 0 Å². The predicted molar refractivity (Wildman–Crippen MR) is 150 cm³/mol. The topological polar surface area (TPSA) is 128 Å². The lowest BCUT2D eigenvalue weighted by Gasteiger charge is -2.26. The number of nitro benzene ring substituents is 1. The van der Waals surface area contributed by atoms with Gasteiger partial charge >= 0.3 is 6.03 Å². The zero-order chi connectivity index (χ0) is 28.8. The smallest absolute Gasteiger partial charge is 0.335 e. The van der Waals surface area contributed by atoms with Crippen LogP contribution in [-0.2, 0) is 22.8 Å². The van der Waals surface area contributed by atoms with Crippen molar-refractivity contribution >= 4 is 35.3 Å². The summed E-state index contributed by atoms with van der Waals surface area (Å²) in [4.78, 5) is 49.7. The molecule has 1 saturated heterocycles. The molecule has 204 valence electrons. The predicted octanol–water partition coefficient (Wildman–Crippen LogP) is 5.42. The number of benzene rings is 4. The van der Waals surface area contributed by atoms with E-state index in [1.165, 1.54) is 18.2 Å². The Bertz CT molecular complexity index is 1630. The number of imide groups is 2. The van der Waals surface area contributed by atoms with Gasteiger partial charge in [0.1, 0.15) is 30.3 Å². The Balaban J connectivity index is 1.26. The van der Waals surface area contributed by atoms with E-state index in [0.29, 0.717) is 29.2 Å². The summed E-state index contributed by atoms with van der Waals surface area (Å²) in [5.41, 5.74) is 2.21. The molecule has 1 fully saturated rings. The molecular weight excluding hydrogens is 526 g/mol. The lowest BCUT2D eigenvalue weighted by molar-refractivity contribution is -0.384. The molecule has 0 aliphatic carbocycles. The maximum Gasteiger partial charge on any atom is 0.335 e. The van der Waals surface area contributed by atoms with Crippen LogP contribution in [-0.4, -0.2) is 22.8 Å². The second-order valence-electron chi connectivity index (χ2n) is 9.01. The molecule has 4 aromatic rings. The number of rotatable bonds is 9. The number of nitrogens with zero attached hydrogens (tertiary/aromatic N) is 2. The summed E-state index contributed by atoms with van der Waals surface area (Å²) in [5.74, 6) is -0.515. The van der Waals surface area contributed by atoms with Crippen LogP contribution in [0.15, 0.2) is 109 Å². The normalized spacial score (nSPS) is 14.1. The van der Waals surface area contributed by atoms with Gasteiger partial charge in [0.15, 0.2) is 0 Å². The van der Waals surface area contributed by atoms with Crippen LogP contribution in [0.3, 0.4) is 0 Å². The Kier molecular flexibility index (Phi) is 7.82. The Morgan fingerprint density at radius 1 is 0.756 bits per heavy atom. The molecule has 4 aromatic carbocycles. The number of non-ortho nitro benzene ring substituents is 1. The standard InChI is InChI=1S/C31H23N3O7/c35-29-28(18-21-9-13-26(14-10-21)41-20-23-7-4-8-25(17-23)34(38)39)30(36)33(31(37)32-29)24-11-15-27(16-12-24)40-19-22-5-2-1-3-6-22/h1-18H,19-20H2,(H,32,35,37)/b28-18+. The maximum absolute atomic E-state index is 13.2. The van der Waals surface area contributed by atoms with E-state index in [0.717, 1.165) is 10.5 Å². The van der Waals surface area contributed by atoms with E-state index in [1.807, 2.05) is 30.3 Å². The molecule has 10 heteroatoms. The van der Waals surface area contributed by atoms with E-state index >= 15 is 0 Å². The molecule has 0 spiro atoms. The molecule has 0 saturated carbocycles. The van der Waals surface area contributed by atoms with Crippen LogP contribution in [0, 0.1) is 10.1 Å². The Morgan fingerprint density at radius 2 is 1.37 bits per heavy atom. The first-order valence-electron chi connectivity index (χ1n) is 12.5. The van der Waals surface area contributed by atoms with Crippen LogP contribution in [0.25, 0.3) is 6.08 Å². The molecule has 1 aliphatic heterocycles. The first-order valence-corrected chi connectivity index (χ1v) is 12.5. The van der Waals surface area contributed by atoms with Gasteiger partial charge in [-0.2, -0.15) is 0 Å². The molecule has 0 aromatic heterocycles. The molecular formula is C31H23N3O7. The molecule has 1 N–H and O–H groups in total. The second kappa shape index (κ2) is 12.0. The number of hydrogen-bond donors (Lipinski definition) is 1. The summed E-state index contributed by atoms with van der Waals surface area (Å²) in [6.45, 7) is 0.486. The molecule has 0 bridgehead atoms. The quantitative estimate of drug-likeness (QED) is 0.128. The van der Waals surface area contributed by atoms with Gasteiger partial charge in [0.05, 0.1) is 10.6 Å². The van der Waals surface area contributed by atoms with E-state index in [4.69, 9.17) is 9.47 Å². The van der Waals surface area contributed by atoms with Crippen molar-refractivity contribution in [2.24, 2.45) is 0 Å². The third kappa shape index (κ3) is 6.45. The van der Waals surface area contributed by atoms with Crippen LogP contribution < -0.4 is 19.7 Å². The van der Waals surface area contributed by atoms with Crippen molar-refractivity contribution in [1.29, 1.82) is 0 Å². The number of nitrogens with one attached hydrogen (secondary N) is 1. The first-order chi connectivity index (χ1) is 19.9. The molecule has 1 aliphatic rings. The molecule has 1 heterocycles. The fourth-order valence-electron chi connectivity index (χ4n) is 4.08. The SMILES string of the molecule is O=C1NC(=O)N(c2ccc(OCc3ccccc3)cc2)C(=O)/C1=C/c1ccc(OCc2cccc([N+](=O)[O-])c2)cc1. The Hall–Kier alpha value is -5.77. The number of barbiturate groups is 1. The maximum atomic E-state index is 13.2. The number of hydrogen-bond acceptors (Lipinski definition) is 7. The number of amides is 4. The second-order valence-corrected chi connectivity index (χ2v) is 9.01. The summed E-state index contributed by atoms with van der Waals surface area (Å²) in [5, 5.41) is 13.2. The average Bonchev–Trinajstić information content (AvgIpc) is 2.99. The van der Waals surface area contributed by atoms with Gasteiger partial charge in [-0.05, 0) is 59.2 Å². The Labute approximate surface area is 234 Å². The minimum Gasteiger partial charge on any atom is -0.489 e. The number of anilines is 1. The van der Waals surface area contributed by atoms with Gasteiger partial charge in [0, 0.05) is 12.1 Å². The summed E-state index contributed by atoms with van der Waals surface area (Å²) >= 11 is 0. The zero-order valence-electron chi connectivity index (χ0n) is 21.6. The monoisotopic (exact) mass is 549 g/mol. The van der Waals surface area contributed by atoms with Crippen molar-refractivity contribution in [2.45, 2.75) is 13.2 Å². The van der Waals surface area contributed by atoms with Crippen LogP contribution in [0.4, 0.5) is 16.2 Å². The van der Waals surface area contributed by atoms with Gasteiger partial charge < -0.3 is 9.47 Å². The summed E-state index contributed by atoms with van der Waals surface area (Å²) in [6.07, 6.45) is 1.39. The highest BCUT2D eigenvalue weighted by Gasteiger charge is 2.36.